The van der Waals surface area contributed by atoms with Gasteiger partial charge in [0.25, 0.3) is 5.91 Å². The lowest BCUT2D eigenvalue weighted by molar-refractivity contribution is -0.137. The van der Waals surface area contributed by atoms with Crippen LogP contribution in [-0.2, 0) is 4.79 Å². The van der Waals surface area contributed by atoms with Gasteiger partial charge in [-0.25, -0.2) is 4.98 Å². The molecule has 0 unspecified atom stereocenters. The smallest absolute Gasteiger partial charge is 0.303 e. The monoisotopic (exact) mass is 468 g/mol. The number of rotatable bonds is 4. The van der Waals surface area contributed by atoms with Crippen LogP contribution in [0.15, 0.2) is 48.5 Å². The number of amides is 1. The molecule has 0 radical (unpaired) electrons. The van der Waals surface area contributed by atoms with Gasteiger partial charge in [-0.15, -0.1) is 0 Å². The molecule has 174 valence electrons. The number of nitrogen functional groups attached to an aromatic ring is 1. The van der Waals surface area contributed by atoms with Crippen LogP contribution >= 0.6 is 11.6 Å². The molecule has 0 saturated carbocycles. The molecule has 0 aliphatic carbocycles. The fraction of sp³-hybridized carbons (Fsp3) is 0.320. The Kier molecular flexibility index (Phi) is 8.25. The Hall–Kier alpha value is -3.16. The molecule has 7 nitrogen and oxygen atoms in total. The number of carboxylic acid groups (broad SMARTS) is 1. The van der Waals surface area contributed by atoms with Crippen molar-refractivity contribution in [2.75, 3.05) is 25.4 Å². The lowest BCUT2D eigenvalue weighted by atomic mass is 10.1. The largest absolute Gasteiger partial charge is 0.481 e. The molecule has 2 aromatic carbocycles. The third-order valence-electron chi connectivity index (χ3n) is 5.33. The first-order valence-corrected chi connectivity index (χ1v) is 11.4. The molecule has 1 saturated heterocycles. The number of pyridine rings is 1. The molecule has 1 aliphatic rings. The summed E-state index contributed by atoms with van der Waals surface area (Å²) in [6, 6.07) is 15.2. The van der Waals surface area contributed by atoms with Crippen molar-refractivity contribution in [1.82, 2.24) is 15.2 Å². The average molecular weight is 469 g/mol. The van der Waals surface area contributed by atoms with Crippen LogP contribution in [-0.4, -0.2) is 52.5 Å². The SMILES string of the molecule is CCCC(=O)O.C[C@@H]1CN(C(=O)c2ccc3c(Cl)cc(-c4ccc(N)cc4)nc3c2)CCN1. The van der Waals surface area contributed by atoms with E-state index in [2.05, 4.69) is 12.2 Å². The van der Waals surface area contributed by atoms with Crippen molar-refractivity contribution < 1.29 is 14.7 Å². The van der Waals surface area contributed by atoms with E-state index in [4.69, 9.17) is 27.4 Å². The van der Waals surface area contributed by atoms with E-state index in [1.807, 2.05) is 60.4 Å². The summed E-state index contributed by atoms with van der Waals surface area (Å²) in [6.07, 6.45) is 1.02. The van der Waals surface area contributed by atoms with Crippen LogP contribution in [0.4, 0.5) is 5.69 Å². The highest BCUT2D eigenvalue weighted by molar-refractivity contribution is 6.35. The zero-order valence-electron chi connectivity index (χ0n) is 18.8. The second-order valence-electron chi connectivity index (χ2n) is 8.09. The van der Waals surface area contributed by atoms with Crippen molar-refractivity contribution in [2.45, 2.75) is 32.7 Å². The Morgan fingerprint density at radius 2 is 1.94 bits per heavy atom. The Labute approximate surface area is 198 Å². The first-order valence-electron chi connectivity index (χ1n) is 11.0. The normalized spacial score (nSPS) is 15.6. The van der Waals surface area contributed by atoms with E-state index in [9.17, 15) is 9.59 Å². The quantitative estimate of drug-likeness (QED) is 0.488. The number of piperazine rings is 1. The molecule has 1 atom stereocenters. The van der Waals surface area contributed by atoms with Gasteiger partial charge in [0.15, 0.2) is 0 Å². The molecule has 4 rings (SSSR count). The number of benzene rings is 2. The zero-order chi connectivity index (χ0) is 24.0. The number of aromatic nitrogens is 1. The number of carboxylic acids is 1. The van der Waals surface area contributed by atoms with Gasteiger partial charge in [0, 0.05) is 54.3 Å². The molecule has 1 aromatic heterocycles. The number of halogens is 1. The first-order chi connectivity index (χ1) is 15.8. The number of nitrogens with two attached hydrogens (primary N) is 1. The van der Waals surface area contributed by atoms with Crippen molar-refractivity contribution in [3.63, 3.8) is 0 Å². The minimum atomic E-state index is -0.711. The molecule has 8 heteroatoms. The number of hydrogen-bond donors (Lipinski definition) is 3. The molecular weight excluding hydrogens is 440 g/mol. The van der Waals surface area contributed by atoms with Gasteiger partial charge >= 0.3 is 5.97 Å². The van der Waals surface area contributed by atoms with Crippen LogP contribution in [0, 0.1) is 0 Å². The van der Waals surface area contributed by atoms with E-state index in [0.29, 0.717) is 47.3 Å². The van der Waals surface area contributed by atoms with Crippen molar-refractivity contribution in [3.8, 4) is 11.3 Å². The highest BCUT2D eigenvalue weighted by atomic mass is 35.5. The predicted molar refractivity (Wildman–Crippen MR) is 133 cm³/mol. The van der Waals surface area contributed by atoms with Gasteiger partial charge in [-0.3, -0.25) is 9.59 Å². The van der Waals surface area contributed by atoms with Crippen LogP contribution < -0.4 is 11.1 Å². The average Bonchev–Trinajstić information content (AvgIpc) is 2.79. The van der Waals surface area contributed by atoms with E-state index in [-0.39, 0.29) is 5.91 Å². The summed E-state index contributed by atoms with van der Waals surface area (Å²) in [5.41, 5.74) is 9.50. The molecular formula is C25H29ClN4O3. The number of carbonyl (C=O) groups is 2. The number of fused-ring (bicyclic) bond motifs is 1. The van der Waals surface area contributed by atoms with Gasteiger partial charge in [-0.1, -0.05) is 36.7 Å². The number of hydrogen-bond acceptors (Lipinski definition) is 5. The Morgan fingerprint density at radius 1 is 1.21 bits per heavy atom. The summed E-state index contributed by atoms with van der Waals surface area (Å²) in [4.78, 5) is 29.1. The molecule has 2 heterocycles. The van der Waals surface area contributed by atoms with Crippen LogP contribution in [0.25, 0.3) is 22.2 Å². The Morgan fingerprint density at radius 3 is 2.55 bits per heavy atom. The maximum atomic E-state index is 12.9. The van der Waals surface area contributed by atoms with E-state index in [0.717, 1.165) is 29.6 Å². The van der Waals surface area contributed by atoms with Gasteiger partial charge in [0.2, 0.25) is 0 Å². The number of aliphatic carboxylic acids is 1. The van der Waals surface area contributed by atoms with Crippen LogP contribution in [0.2, 0.25) is 5.02 Å². The zero-order valence-corrected chi connectivity index (χ0v) is 19.6. The van der Waals surface area contributed by atoms with Gasteiger partial charge in [-0.2, -0.15) is 0 Å². The van der Waals surface area contributed by atoms with Crippen molar-refractivity contribution in [2.24, 2.45) is 0 Å². The van der Waals surface area contributed by atoms with Gasteiger partial charge in [-0.05, 0) is 43.7 Å². The molecule has 1 amide bonds. The van der Waals surface area contributed by atoms with E-state index >= 15 is 0 Å². The highest BCUT2D eigenvalue weighted by Gasteiger charge is 2.22. The lowest BCUT2D eigenvalue weighted by Gasteiger charge is -2.32. The summed E-state index contributed by atoms with van der Waals surface area (Å²) in [7, 11) is 0. The van der Waals surface area contributed by atoms with Crippen LogP contribution in [0.1, 0.15) is 37.0 Å². The van der Waals surface area contributed by atoms with Crippen molar-refractivity contribution in [3.05, 3.63) is 59.1 Å². The van der Waals surface area contributed by atoms with Crippen LogP contribution in [0.5, 0.6) is 0 Å². The van der Waals surface area contributed by atoms with Gasteiger partial charge in [0.05, 0.1) is 16.2 Å². The molecule has 4 N–H and O–H groups in total. The maximum Gasteiger partial charge on any atom is 0.303 e. The summed E-state index contributed by atoms with van der Waals surface area (Å²) in [5, 5.41) is 12.7. The standard InChI is InChI=1S/C21H21ClN4O.C4H8O2/c1-13-12-26(9-8-24-13)21(27)15-4-7-17-18(22)11-19(25-20(17)10-15)14-2-5-16(23)6-3-14;1-2-3-4(5)6/h2-7,10-11,13,24H,8-9,12,23H2,1H3;2-3H2,1H3,(H,5,6)/t13-;/m1./s1. The molecule has 33 heavy (non-hydrogen) atoms. The first kappa shape index (κ1) is 24.5. The molecule has 3 aromatic rings. The second-order valence-corrected chi connectivity index (χ2v) is 8.50. The molecule has 1 aliphatic heterocycles. The topological polar surface area (TPSA) is 109 Å². The number of nitrogens with one attached hydrogen (secondary N) is 1. The number of nitrogens with zero attached hydrogens (tertiary/aromatic N) is 2. The minimum Gasteiger partial charge on any atom is -0.481 e. The Balaban J connectivity index is 0.000000454. The van der Waals surface area contributed by atoms with Crippen LogP contribution in [0.3, 0.4) is 0 Å². The molecule has 0 spiro atoms. The molecule has 0 bridgehead atoms. The van der Waals surface area contributed by atoms with Crippen molar-refractivity contribution in [1.29, 1.82) is 0 Å². The fourth-order valence-corrected chi connectivity index (χ4v) is 3.90. The lowest BCUT2D eigenvalue weighted by Crippen LogP contribution is -2.51. The van der Waals surface area contributed by atoms with Gasteiger partial charge < -0.3 is 21.1 Å². The summed E-state index contributed by atoms with van der Waals surface area (Å²) in [6.45, 7) is 6.15. The van der Waals surface area contributed by atoms with Crippen molar-refractivity contribution >= 4 is 40.1 Å². The highest BCUT2D eigenvalue weighted by Crippen LogP contribution is 2.29. The number of anilines is 1. The molecule has 1 fully saturated rings. The predicted octanol–water partition coefficient (Wildman–Crippen LogP) is 4.44. The minimum absolute atomic E-state index is 0.0288. The third-order valence-corrected chi connectivity index (χ3v) is 5.65. The van der Waals surface area contributed by atoms with E-state index in [1.54, 1.807) is 0 Å². The fourth-order valence-electron chi connectivity index (χ4n) is 3.63. The second kappa shape index (κ2) is 11.1. The Bertz CT molecular complexity index is 1130. The van der Waals surface area contributed by atoms with E-state index < -0.39 is 5.97 Å². The summed E-state index contributed by atoms with van der Waals surface area (Å²) in [5.74, 6) is -0.682. The van der Waals surface area contributed by atoms with Gasteiger partial charge in [0.1, 0.15) is 0 Å². The summed E-state index contributed by atoms with van der Waals surface area (Å²) >= 11 is 6.47. The number of carbonyl (C=O) groups excluding carboxylic acids is 1. The third kappa shape index (κ3) is 6.43. The van der Waals surface area contributed by atoms with E-state index in [1.165, 1.54) is 0 Å². The maximum absolute atomic E-state index is 12.9. The summed E-state index contributed by atoms with van der Waals surface area (Å²) < 4.78 is 0.